The predicted molar refractivity (Wildman–Crippen MR) is 76.3 cm³/mol. The van der Waals surface area contributed by atoms with Gasteiger partial charge in [0.15, 0.2) is 0 Å². The molecule has 2 nitrogen and oxygen atoms in total. The van der Waals surface area contributed by atoms with Crippen LogP contribution in [0.25, 0.3) is 0 Å². The summed E-state index contributed by atoms with van der Waals surface area (Å²) in [4.78, 5) is 1.86. The maximum Gasteiger partial charge on any atom is 0.416 e. The third-order valence-corrected chi connectivity index (χ3v) is 3.23. The monoisotopic (exact) mass is 295 g/mol. The van der Waals surface area contributed by atoms with Gasteiger partial charge in [-0.2, -0.15) is 13.2 Å². The number of aliphatic hydroxyl groups is 1. The molecule has 0 aromatic heterocycles. The van der Waals surface area contributed by atoms with E-state index in [-0.39, 0.29) is 5.56 Å². The van der Waals surface area contributed by atoms with Gasteiger partial charge in [-0.1, -0.05) is 24.3 Å². The molecule has 21 heavy (non-hydrogen) atoms. The number of hydrogen-bond acceptors (Lipinski definition) is 2. The van der Waals surface area contributed by atoms with Crippen LogP contribution < -0.4 is 4.90 Å². The first-order chi connectivity index (χ1) is 9.79. The van der Waals surface area contributed by atoms with Gasteiger partial charge in [0.25, 0.3) is 0 Å². The van der Waals surface area contributed by atoms with E-state index < -0.39 is 17.8 Å². The Labute approximate surface area is 121 Å². The van der Waals surface area contributed by atoms with E-state index in [9.17, 15) is 18.3 Å². The Morgan fingerprint density at radius 2 is 1.52 bits per heavy atom. The first-order valence-corrected chi connectivity index (χ1v) is 6.41. The lowest BCUT2D eigenvalue weighted by molar-refractivity contribution is -0.137. The summed E-state index contributed by atoms with van der Waals surface area (Å²) >= 11 is 0. The van der Waals surface area contributed by atoms with E-state index in [1.807, 2.05) is 25.1 Å². The SMILES string of the molecule is CN(C)c1cccc(C(O)c2cccc(C(F)(F)F)c2)c1. The fraction of sp³-hybridized carbons (Fsp3) is 0.250. The average molecular weight is 295 g/mol. The molecule has 1 N–H and O–H groups in total. The van der Waals surface area contributed by atoms with Crippen LogP contribution in [0, 0.1) is 0 Å². The fourth-order valence-electron chi connectivity index (χ4n) is 2.05. The van der Waals surface area contributed by atoms with Gasteiger partial charge in [-0.25, -0.2) is 0 Å². The lowest BCUT2D eigenvalue weighted by Gasteiger charge is -2.17. The Bertz CT molecular complexity index is 623. The van der Waals surface area contributed by atoms with Crippen molar-refractivity contribution in [2.75, 3.05) is 19.0 Å². The molecule has 1 unspecified atom stereocenters. The van der Waals surface area contributed by atoms with Crippen LogP contribution >= 0.6 is 0 Å². The Hall–Kier alpha value is -2.01. The van der Waals surface area contributed by atoms with Gasteiger partial charge in [-0.15, -0.1) is 0 Å². The van der Waals surface area contributed by atoms with Crippen molar-refractivity contribution in [2.45, 2.75) is 12.3 Å². The lowest BCUT2D eigenvalue weighted by atomic mass is 9.99. The number of anilines is 1. The zero-order valence-electron chi connectivity index (χ0n) is 11.7. The van der Waals surface area contributed by atoms with Gasteiger partial charge in [0.05, 0.1) is 5.56 Å². The standard InChI is InChI=1S/C16H16F3NO/c1-20(2)14-8-4-6-12(10-14)15(21)11-5-3-7-13(9-11)16(17,18)19/h3-10,15,21H,1-2H3. The van der Waals surface area contributed by atoms with E-state index in [2.05, 4.69) is 0 Å². The van der Waals surface area contributed by atoms with E-state index in [0.717, 1.165) is 17.8 Å². The third kappa shape index (κ3) is 3.55. The maximum absolute atomic E-state index is 12.7. The summed E-state index contributed by atoms with van der Waals surface area (Å²) in [6, 6.07) is 11.8. The molecule has 2 aromatic rings. The first kappa shape index (κ1) is 15.4. The number of halogens is 3. The maximum atomic E-state index is 12.7. The second kappa shape index (κ2) is 5.77. The Balaban J connectivity index is 2.36. The van der Waals surface area contributed by atoms with Crippen LogP contribution in [-0.4, -0.2) is 19.2 Å². The molecule has 0 heterocycles. The minimum Gasteiger partial charge on any atom is -0.384 e. The summed E-state index contributed by atoms with van der Waals surface area (Å²) in [5.74, 6) is 0. The normalized spacial score (nSPS) is 13.0. The van der Waals surface area contributed by atoms with Gasteiger partial charge in [0.1, 0.15) is 6.10 Å². The molecular weight excluding hydrogens is 279 g/mol. The second-order valence-corrected chi connectivity index (χ2v) is 5.02. The van der Waals surface area contributed by atoms with Crippen molar-refractivity contribution in [1.29, 1.82) is 0 Å². The first-order valence-electron chi connectivity index (χ1n) is 6.41. The van der Waals surface area contributed by atoms with Gasteiger partial charge >= 0.3 is 6.18 Å². The number of nitrogens with zero attached hydrogens (tertiary/aromatic N) is 1. The van der Waals surface area contributed by atoms with Crippen LogP contribution in [0.15, 0.2) is 48.5 Å². The van der Waals surface area contributed by atoms with Crippen LogP contribution in [-0.2, 0) is 6.18 Å². The van der Waals surface area contributed by atoms with Gasteiger partial charge < -0.3 is 10.0 Å². The molecule has 0 aliphatic carbocycles. The summed E-state index contributed by atoms with van der Waals surface area (Å²) in [7, 11) is 3.71. The zero-order chi connectivity index (χ0) is 15.6. The largest absolute Gasteiger partial charge is 0.416 e. The molecule has 0 radical (unpaired) electrons. The molecule has 2 aromatic carbocycles. The number of rotatable bonds is 3. The molecule has 0 saturated heterocycles. The van der Waals surface area contributed by atoms with E-state index in [0.29, 0.717) is 5.56 Å². The van der Waals surface area contributed by atoms with Crippen LogP contribution in [0.5, 0.6) is 0 Å². The van der Waals surface area contributed by atoms with Gasteiger partial charge in [-0.3, -0.25) is 0 Å². The smallest absolute Gasteiger partial charge is 0.384 e. The number of alkyl halides is 3. The molecular formula is C16H16F3NO. The molecule has 0 amide bonds. The molecule has 5 heteroatoms. The van der Waals surface area contributed by atoms with Gasteiger partial charge in [-0.05, 0) is 35.4 Å². The van der Waals surface area contributed by atoms with Crippen molar-refractivity contribution in [2.24, 2.45) is 0 Å². The van der Waals surface area contributed by atoms with E-state index in [1.54, 1.807) is 18.2 Å². The molecule has 2 rings (SSSR count). The summed E-state index contributed by atoms with van der Waals surface area (Å²) < 4.78 is 38.1. The summed E-state index contributed by atoms with van der Waals surface area (Å²) in [6.45, 7) is 0. The van der Waals surface area contributed by atoms with Crippen molar-refractivity contribution in [3.8, 4) is 0 Å². The molecule has 0 spiro atoms. The number of hydrogen-bond donors (Lipinski definition) is 1. The van der Waals surface area contributed by atoms with E-state index in [1.165, 1.54) is 12.1 Å². The highest BCUT2D eigenvalue weighted by atomic mass is 19.4. The third-order valence-electron chi connectivity index (χ3n) is 3.23. The second-order valence-electron chi connectivity index (χ2n) is 5.02. The van der Waals surface area contributed by atoms with Crippen molar-refractivity contribution >= 4 is 5.69 Å². The van der Waals surface area contributed by atoms with Gasteiger partial charge in [0.2, 0.25) is 0 Å². The summed E-state index contributed by atoms with van der Waals surface area (Å²) in [5, 5.41) is 10.3. The lowest BCUT2D eigenvalue weighted by Crippen LogP contribution is -2.10. The molecule has 0 fully saturated rings. The highest BCUT2D eigenvalue weighted by molar-refractivity contribution is 5.49. The van der Waals surface area contributed by atoms with Crippen LogP contribution in [0.4, 0.5) is 18.9 Å². The minimum atomic E-state index is -4.42. The average Bonchev–Trinajstić information content (AvgIpc) is 2.46. The van der Waals surface area contributed by atoms with Gasteiger partial charge in [0, 0.05) is 19.8 Å². The zero-order valence-corrected chi connectivity index (χ0v) is 11.7. The van der Waals surface area contributed by atoms with Crippen molar-refractivity contribution in [3.05, 3.63) is 65.2 Å². The van der Waals surface area contributed by atoms with Crippen LogP contribution in [0.1, 0.15) is 22.8 Å². The number of benzene rings is 2. The molecule has 0 bridgehead atoms. The quantitative estimate of drug-likeness (QED) is 0.929. The molecule has 1 atom stereocenters. The van der Waals surface area contributed by atoms with Crippen molar-refractivity contribution < 1.29 is 18.3 Å². The van der Waals surface area contributed by atoms with Crippen molar-refractivity contribution in [1.82, 2.24) is 0 Å². The summed E-state index contributed by atoms with van der Waals surface area (Å²) in [5.41, 5.74) is 0.891. The van der Waals surface area contributed by atoms with E-state index in [4.69, 9.17) is 0 Å². The fourth-order valence-corrected chi connectivity index (χ4v) is 2.05. The summed E-state index contributed by atoms with van der Waals surface area (Å²) in [6.07, 6.45) is -5.51. The van der Waals surface area contributed by atoms with Crippen LogP contribution in [0.2, 0.25) is 0 Å². The predicted octanol–water partition coefficient (Wildman–Crippen LogP) is 3.85. The molecule has 0 saturated carbocycles. The van der Waals surface area contributed by atoms with Crippen molar-refractivity contribution in [3.63, 3.8) is 0 Å². The Kier molecular flexibility index (Phi) is 4.23. The highest BCUT2D eigenvalue weighted by Crippen LogP contribution is 2.32. The Morgan fingerprint density at radius 3 is 2.10 bits per heavy atom. The van der Waals surface area contributed by atoms with Crippen LogP contribution in [0.3, 0.4) is 0 Å². The minimum absolute atomic E-state index is 0.223. The topological polar surface area (TPSA) is 23.5 Å². The highest BCUT2D eigenvalue weighted by Gasteiger charge is 2.31. The molecule has 0 aliphatic heterocycles. The molecule has 0 aliphatic rings. The number of aliphatic hydroxyl groups excluding tert-OH is 1. The Morgan fingerprint density at radius 1 is 0.952 bits per heavy atom. The van der Waals surface area contributed by atoms with E-state index >= 15 is 0 Å². The molecule has 112 valence electrons.